The van der Waals surface area contributed by atoms with Crippen molar-refractivity contribution in [1.82, 2.24) is 0 Å². The van der Waals surface area contributed by atoms with Crippen molar-refractivity contribution in [3.8, 4) is 0 Å². The summed E-state index contributed by atoms with van der Waals surface area (Å²) in [5.41, 5.74) is 2.04. The fourth-order valence-corrected chi connectivity index (χ4v) is 4.04. The first-order valence-corrected chi connectivity index (χ1v) is 10.9. The van der Waals surface area contributed by atoms with Crippen molar-refractivity contribution >= 4 is 11.9 Å². The molecule has 0 unspecified atom stereocenters. The zero-order chi connectivity index (χ0) is 21.9. The molecule has 31 heavy (non-hydrogen) atoms. The predicted octanol–water partition coefficient (Wildman–Crippen LogP) is 5.93. The number of allylic oxidation sites excluding steroid dienone is 2. The van der Waals surface area contributed by atoms with E-state index in [0.717, 1.165) is 42.4 Å². The fraction of sp³-hybridized carbons (Fsp3) is 0.333. The van der Waals surface area contributed by atoms with Crippen LogP contribution >= 0.6 is 0 Å². The first-order valence-electron chi connectivity index (χ1n) is 10.9. The van der Waals surface area contributed by atoms with Gasteiger partial charge in [0.1, 0.15) is 13.2 Å². The minimum Gasteiger partial charge on any atom is -0.460 e. The Morgan fingerprint density at radius 1 is 0.935 bits per heavy atom. The maximum Gasteiger partial charge on any atom is 0.331 e. The van der Waals surface area contributed by atoms with Gasteiger partial charge in [-0.3, -0.25) is 4.79 Å². The van der Waals surface area contributed by atoms with Gasteiger partial charge in [0, 0.05) is 6.08 Å². The standard InChI is InChI=1S/C27H30O4/c1-2-18-27(26(29)31-21-23-13-7-4-8-14-23)19-10-9-15-24(27)16-17-25(28)30-20-22-11-5-3-6-12-22/h3-8,11-17H,2,9-10,18-21H2,1H3/b17-16+/t27-/m0/s1. The van der Waals surface area contributed by atoms with Gasteiger partial charge >= 0.3 is 11.9 Å². The van der Waals surface area contributed by atoms with Gasteiger partial charge in [-0.25, -0.2) is 4.79 Å². The highest BCUT2D eigenvalue weighted by Crippen LogP contribution is 2.43. The van der Waals surface area contributed by atoms with Crippen LogP contribution in [0.4, 0.5) is 0 Å². The Morgan fingerprint density at radius 3 is 2.16 bits per heavy atom. The predicted molar refractivity (Wildman–Crippen MR) is 121 cm³/mol. The Balaban J connectivity index is 1.68. The molecule has 0 heterocycles. The molecule has 3 rings (SSSR count). The Labute approximate surface area is 184 Å². The van der Waals surface area contributed by atoms with Crippen LogP contribution in [0.1, 0.15) is 50.2 Å². The zero-order valence-corrected chi connectivity index (χ0v) is 18.1. The third-order valence-electron chi connectivity index (χ3n) is 5.63. The van der Waals surface area contributed by atoms with Gasteiger partial charge in [0.15, 0.2) is 0 Å². The van der Waals surface area contributed by atoms with E-state index in [9.17, 15) is 9.59 Å². The van der Waals surface area contributed by atoms with E-state index in [1.807, 2.05) is 60.7 Å². The van der Waals surface area contributed by atoms with E-state index in [2.05, 4.69) is 13.0 Å². The summed E-state index contributed by atoms with van der Waals surface area (Å²) in [7, 11) is 0. The summed E-state index contributed by atoms with van der Waals surface area (Å²) in [5.74, 6) is -0.634. The lowest BCUT2D eigenvalue weighted by Gasteiger charge is -2.35. The number of rotatable bonds is 9. The molecule has 0 bridgehead atoms. The highest BCUT2D eigenvalue weighted by atomic mass is 16.5. The third-order valence-corrected chi connectivity index (χ3v) is 5.63. The number of benzene rings is 2. The second kappa shape index (κ2) is 11.3. The highest BCUT2D eigenvalue weighted by Gasteiger charge is 2.42. The van der Waals surface area contributed by atoms with Crippen molar-refractivity contribution < 1.29 is 19.1 Å². The van der Waals surface area contributed by atoms with Crippen molar-refractivity contribution in [2.24, 2.45) is 5.41 Å². The third kappa shape index (κ3) is 6.17. The number of hydrogen-bond acceptors (Lipinski definition) is 4. The van der Waals surface area contributed by atoms with Gasteiger partial charge in [0.05, 0.1) is 5.41 Å². The van der Waals surface area contributed by atoms with Gasteiger partial charge in [0.25, 0.3) is 0 Å². The van der Waals surface area contributed by atoms with E-state index in [0.29, 0.717) is 6.42 Å². The van der Waals surface area contributed by atoms with Crippen LogP contribution in [0.15, 0.2) is 84.5 Å². The van der Waals surface area contributed by atoms with Gasteiger partial charge in [-0.05, 0) is 42.4 Å². The molecule has 0 aliphatic heterocycles. The fourth-order valence-electron chi connectivity index (χ4n) is 4.04. The van der Waals surface area contributed by atoms with Crippen molar-refractivity contribution in [3.63, 3.8) is 0 Å². The first-order chi connectivity index (χ1) is 15.1. The number of carbonyl (C=O) groups excluding carboxylic acids is 2. The molecule has 0 amide bonds. The topological polar surface area (TPSA) is 52.6 Å². The molecular weight excluding hydrogens is 388 g/mol. The average molecular weight is 419 g/mol. The first kappa shape index (κ1) is 22.5. The number of carbonyl (C=O) groups is 2. The average Bonchev–Trinajstić information content (AvgIpc) is 2.82. The molecule has 1 aliphatic rings. The molecule has 1 atom stereocenters. The van der Waals surface area contributed by atoms with Gasteiger partial charge in [-0.2, -0.15) is 0 Å². The second-order valence-electron chi connectivity index (χ2n) is 7.87. The van der Waals surface area contributed by atoms with E-state index in [4.69, 9.17) is 9.47 Å². The Bertz CT molecular complexity index is 915. The van der Waals surface area contributed by atoms with Crippen LogP contribution < -0.4 is 0 Å². The van der Waals surface area contributed by atoms with Gasteiger partial charge < -0.3 is 9.47 Å². The van der Waals surface area contributed by atoms with Crippen LogP contribution in [0.3, 0.4) is 0 Å². The number of esters is 2. The summed E-state index contributed by atoms with van der Waals surface area (Å²) in [5, 5.41) is 0. The van der Waals surface area contributed by atoms with Crippen LogP contribution in [0.25, 0.3) is 0 Å². The number of hydrogen-bond donors (Lipinski definition) is 0. The summed E-state index contributed by atoms with van der Waals surface area (Å²) in [4.78, 5) is 25.5. The number of ether oxygens (including phenoxy) is 2. The minimum atomic E-state index is -0.710. The lowest BCUT2D eigenvalue weighted by molar-refractivity contribution is -0.156. The van der Waals surface area contributed by atoms with Crippen LogP contribution in [0, 0.1) is 5.41 Å². The van der Waals surface area contributed by atoms with E-state index >= 15 is 0 Å². The molecule has 0 N–H and O–H groups in total. The lowest BCUT2D eigenvalue weighted by Crippen LogP contribution is -2.36. The van der Waals surface area contributed by atoms with Crippen LogP contribution in [-0.2, 0) is 32.3 Å². The van der Waals surface area contributed by atoms with Crippen molar-refractivity contribution in [3.05, 3.63) is 95.6 Å². The van der Waals surface area contributed by atoms with Crippen LogP contribution in [-0.4, -0.2) is 11.9 Å². The summed E-state index contributed by atoms with van der Waals surface area (Å²) in [6, 6.07) is 19.3. The van der Waals surface area contributed by atoms with Gasteiger partial charge in [0.2, 0.25) is 0 Å². The van der Waals surface area contributed by atoms with E-state index < -0.39 is 11.4 Å². The van der Waals surface area contributed by atoms with Crippen molar-refractivity contribution in [2.45, 2.75) is 52.2 Å². The maximum absolute atomic E-state index is 13.2. The highest BCUT2D eigenvalue weighted by molar-refractivity contribution is 5.85. The molecule has 2 aromatic rings. The minimum absolute atomic E-state index is 0.216. The quantitative estimate of drug-likeness (QED) is 0.374. The summed E-state index contributed by atoms with van der Waals surface area (Å²) in [6.07, 6.45) is 9.31. The normalized spacial score (nSPS) is 18.4. The molecule has 162 valence electrons. The molecule has 0 fully saturated rings. The Hall–Kier alpha value is -3.14. The SMILES string of the molecule is CCC[C@]1(C(=O)OCc2ccccc2)CCCC=C1/C=C/C(=O)OCc1ccccc1. The monoisotopic (exact) mass is 418 g/mol. The van der Waals surface area contributed by atoms with Gasteiger partial charge in [-0.15, -0.1) is 0 Å². The summed E-state index contributed by atoms with van der Waals surface area (Å²) >= 11 is 0. The van der Waals surface area contributed by atoms with E-state index in [1.54, 1.807) is 6.08 Å². The van der Waals surface area contributed by atoms with E-state index in [1.165, 1.54) is 6.08 Å². The van der Waals surface area contributed by atoms with Crippen LogP contribution in [0.2, 0.25) is 0 Å². The zero-order valence-electron chi connectivity index (χ0n) is 18.1. The maximum atomic E-state index is 13.2. The van der Waals surface area contributed by atoms with E-state index in [-0.39, 0.29) is 19.2 Å². The molecule has 4 nitrogen and oxygen atoms in total. The molecular formula is C27H30O4. The molecule has 2 aromatic carbocycles. The molecule has 0 spiro atoms. The molecule has 0 saturated heterocycles. The second-order valence-corrected chi connectivity index (χ2v) is 7.87. The molecule has 0 saturated carbocycles. The summed E-state index contributed by atoms with van der Waals surface area (Å²) in [6.45, 7) is 2.54. The van der Waals surface area contributed by atoms with Crippen LogP contribution in [0.5, 0.6) is 0 Å². The lowest BCUT2D eigenvalue weighted by atomic mass is 9.69. The molecule has 0 aromatic heterocycles. The molecule has 0 radical (unpaired) electrons. The summed E-state index contributed by atoms with van der Waals surface area (Å²) < 4.78 is 11.1. The molecule has 1 aliphatic carbocycles. The largest absolute Gasteiger partial charge is 0.460 e. The smallest absolute Gasteiger partial charge is 0.331 e. The Kier molecular flexibility index (Phi) is 8.22. The van der Waals surface area contributed by atoms with Crippen molar-refractivity contribution in [1.29, 1.82) is 0 Å². The van der Waals surface area contributed by atoms with Gasteiger partial charge in [-0.1, -0.05) is 86.2 Å². The Morgan fingerprint density at radius 2 is 1.55 bits per heavy atom. The van der Waals surface area contributed by atoms with Crippen molar-refractivity contribution in [2.75, 3.05) is 0 Å². The molecule has 4 heteroatoms.